The van der Waals surface area contributed by atoms with Crippen LogP contribution in [0.25, 0.3) is 0 Å². The number of aliphatic hydroxyl groups is 1. The van der Waals surface area contributed by atoms with Crippen LogP contribution in [-0.2, 0) is 11.2 Å². The van der Waals surface area contributed by atoms with Gasteiger partial charge in [-0.2, -0.15) is 0 Å². The molecule has 1 N–H and O–H groups in total. The van der Waals surface area contributed by atoms with Crippen molar-refractivity contribution in [3.05, 3.63) is 34.9 Å². The molecule has 3 heteroatoms. The molecule has 2 nitrogen and oxygen atoms in total. The van der Waals surface area contributed by atoms with Crippen LogP contribution < -0.4 is 0 Å². The summed E-state index contributed by atoms with van der Waals surface area (Å²) < 4.78 is 5.60. The van der Waals surface area contributed by atoms with E-state index in [4.69, 9.17) is 16.3 Å². The van der Waals surface area contributed by atoms with Gasteiger partial charge in [0.15, 0.2) is 0 Å². The highest BCUT2D eigenvalue weighted by atomic mass is 35.5. The van der Waals surface area contributed by atoms with Crippen molar-refractivity contribution in [2.24, 2.45) is 0 Å². The molecule has 1 aliphatic heterocycles. The van der Waals surface area contributed by atoms with Gasteiger partial charge in [-0.15, -0.1) is 0 Å². The Morgan fingerprint density at radius 1 is 1.41 bits per heavy atom. The predicted molar refractivity (Wildman–Crippen MR) is 69.4 cm³/mol. The van der Waals surface area contributed by atoms with Gasteiger partial charge >= 0.3 is 0 Å². The van der Waals surface area contributed by atoms with Crippen LogP contribution in [0.4, 0.5) is 0 Å². The van der Waals surface area contributed by atoms with Gasteiger partial charge in [-0.05, 0) is 30.5 Å². The van der Waals surface area contributed by atoms with E-state index < -0.39 is 5.60 Å². The molecule has 0 aromatic heterocycles. The second-order valence-electron chi connectivity index (χ2n) is 4.88. The van der Waals surface area contributed by atoms with Gasteiger partial charge in [0.05, 0.1) is 11.7 Å². The third-order valence-corrected chi connectivity index (χ3v) is 3.68. The Bertz CT molecular complexity index is 363. The Hall–Kier alpha value is -0.570. The molecule has 0 aliphatic carbocycles. The number of hydrogen-bond donors (Lipinski definition) is 1. The molecule has 0 bridgehead atoms. The number of ether oxygens (including phenoxy) is 1. The summed E-state index contributed by atoms with van der Waals surface area (Å²) in [6.45, 7) is 2.75. The number of hydrogen-bond acceptors (Lipinski definition) is 2. The quantitative estimate of drug-likeness (QED) is 0.898. The maximum absolute atomic E-state index is 10.6. The molecular weight excluding hydrogens is 236 g/mol. The Labute approximate surface area is 108 Å². The highest BCUT2D eigenvalue weighted by molar-refractivity contribution is 6.30. The standard InChI is InChI=1S/C14H19ClO2/c1-2-13-10-14(16,7-8-17-13)9-11-3-5-12(15)6-4-11/h3-6,13,16H,2,7-10H2,1H3. The Balaban J connectivity index is 2.03. The highest BCUT2D eigenvalue weighted by Gasteiger charge is 2.34. The molecule has 1 fully saturated rings. The number of rotatable bonds is 3. The molecule has 1 aromatic carbocycles. The van der Waals surface area contributed by atoms with Gasteiger partial charge in [-0.25, -0.2) is 0 Å². The Morgan fingerprint density at radius 2 is 2.12 bits per heavy atom. The first kappa shape index (κ1) is 12.9. The fourth-order valence-electron chi connectivity index (χ4n) is 2.41. The van der Waals surface area contributed by atoms with Gasteiger partial charge in [0.25, 0.3) is 0 Å². The van der Waals surface area contributed by atoms with Crippen molar-refractivity contribution in [3.63, 3.8) is 0 Å². The van der Waals surface area contributed by atoms with Crippen molar-refractivity contribution in [2.45, 2.75) is 44.3 Å². The average molecular weight is 255 g/mol. The van der Waals surface area contributed by atoms with E-state index in [9.17, 15) is 5.11 Å². The zero-order chi connectivity index (χ0) is 12.3. The summed E-state index contributed by atoms with van der Waals surface area (Å²) in [5.41, 5.74) is 0.515. The minimum atomic E-state index is -0.618. The Kier molecular flexibility index (Phi) is 4.08. The van der Waals surface area contributed by atoms with Crippen LogP contribution in [0.5, 0.6) is 0 Å². The van der Waals surface area contributed by atoms with Crippen LogP contribution in [-0.4, -0.2) is 23.4 Å². The van der Waals surface area contributed by atoms with E-state index in [0.717, 1.165) is 23.4 Å². The van der Waals surface area contributed by atoms with E-state index in [1.165, 1.54) is 0 Å². The van der Waals surface area contributed by atoms with Crippen LogP contribution in [0.1, 0.15) is 31.7 Å². The van der Waals surface area contributed by atoms with E-state index in [0.29, 0.717) is 19.4 Å². The first-order chi connectivity index (χ1) is 8.11. The molecule has 1 heterocycles. The average Bonchev–Trinajstić information content (AvgIpc) is 2.32. The molecule has 1 aromatic rings. The zero-order valence-corrected chi connectivity index (χ0v) is 10.9. The third kappa shape index (κ3) is 3.44. The molecule has 2 atom stereocenters. The summed E-state index contributed by atoms with van der Waals surface area (Å²) in [5, 5.41) is 11.3. The van der Waals surface area contributed by atoms with Crippen LogP contribution in [0.15, 0.2) is 24.3 Å². The second-order valence-corrected chi connectivity index (χ2v) is 5.32. The van der Waals surface area contributed by atoms with Crippen LogP contribution >= 0.6 is 11.6 Å². The maximum atomic E-state index is 10.6. The van der Waals surface area contributed by atoms with E-state index in [-0.39, 0.29) is 6.10 Å². The number of benzene rings is 1. The molecule has 2 rings (SSSR count). The van der Waals surface area contributed by atoms with E-state index in [1.54, 1.807) is 0 Å². The molecule has 94 valence electrons. The lowest BCUT2D eigenvalue weighted by molar-refractivity contribution is -0.103. The summed E-state index contributed by atoms with van der Waals surface area (Å²) in [7, 11) is 0. The van der Waals surface area contributed by atoms with Gasteiger partial charge in [-0.3, -0.25) is 0 Å². The number of halogens is 1. The summed E-state index contributed by atoms with van der Waals surface area (Å²) in [4.78, 5) is 0. The van der Waals surface area contributed by atoms with Gasteiger partial charge < -0.3 is 9.84 Å². The molecule has 17 heavy (non-hydrogen) atoms. The highest BCUT2D eigenvalue weighted by Crippen LogP contribution is 2.30. The van der Waals surface area contributed by atoms with Crippen LogP contribution in [0.2, 0.25) is 5.02 Å². The van der Waals surface area contributed by atoms with Crippen molar-refractivity contribution in [1.29, 1.82) is 0 Å². The monoisotopic (exact) mass is 254 g/mol. The fraction of sp³-hybridized carbons (Fsp3) is 0.571. The fourth-order valence-corrected chi connectivity index (χ4v) is 2.53. The smallest absolute Gasteiger partial charge is 0.0734 e. The maximum Gasteiger partial charge on any atom is 0.0734 e. The molecular formula is C14H19ClO2. The largest absolute Gasteiger partial charge is 0.389 e. The van der Waals surface area contributed by atoms with Gasteiger partial charge in [-0.1, -0.05) is 30.7 Å². The van der Waals surface area contributed by atoms with Crippen molar-refractivity contribution in [1.82, 2.24) is 0 Å². The summed E-state index contributed by atoms with van der Waals surface area (Å²) in [5.74, 6) is 0. The van der Waals surface area contributed by atoms with Gasteiger partial charge in [0.1, 0.15) is 0 Å². The topological polar surface area (TPSA) is 29.5 Å². The predicted octanol–water partition coefficient (Wildman–Crippen LogP) is 3.20. The van der Waals surface area contributed by atoms with Gasteiger partial charge in [0.2, 0.25) is 0 Å². The molecule has 1 aliphatic rings. The molecule has 2 unspecified atom stereocenters. The first-order valence-electron chi connectivity index (χ1n) is 6.20. The van der Waals surface area contributed by atoms with E-state index in [2.05, 4.69) is 6.92 Å². The van der Waals surface area contributed by atoms with Gasteiger partial charge in [0, 0.05) is 24.5 Å². The lowest BCUT2D eigenvalue weighted by atomic mass is 9.84. The Morgan fingerprint density at radius 3 is 2.76 bits per heavy atom. The molecule has 1 saturated heterocycles. The summed E-state index contributed by atoms with van der Waals surface area (Å²) >= 11 is 5.85. The molecule has 0 radical (unpaired) electrons. The molecule has 0 spiro atoms. The first-order valence-corrected chi connectivity index (χ1v) is 6.57. The minimum absolute atomic E-state index is 0.195. The lowest BCUT2D eigenvalue weighted by Crippen LogP contribution is -2.42. The molecule has 0 saturated carbocycles. The van der Waals surface area contributed by atoms with E-state index in [1.807, 2.05) is 24.3 Å². The minimum Gasteiger partial charge on any atom is -0.389 e. The third-order valence-electron chi connectivity index (χ3n) is 3.43. The van der Waals surface area contributed by atoms with Crippen molar-refractivity contribution >= 4 is 11.6 Å². The lowest BCUT2D eigenvalue weighted by Gasteiger charge is -2.36. The molecule has 0 amide bonds. The van der Waals surface area contributed by atoms with Crippen LogP contribution in [0, 0.1) is 0 Å². The van der Waals surface area contributed by atoms with Crippen LogP contribution in [0.3, 0.4) is 0 Å². The summed E-state index contributed by atoms with van der Waals surface area (Å²) in [6.07, 6.45) is 3.28. The van der Waals surface area contributed by atoms with Crippen molar-refractivity contribution < 1.29 is 9.84 Å². The SMILES string of the molecule is CCC1CC(O)(Cc2ccc(Cl)cc2)CCO1. The van der Waals surface area contributed by atoms with E-state index >= 15 is 0 Å². The summed E-state index contributed by atoms with van der Waals surface area (Å²) in [6, 6.07) is 7.71. The zero-order valence-electron chi connectivity index (χ0n) is 10.2. The van der Waals surface area contributed by atoms with Crippen molar-refractivity contribution in [2.75, 3.05) is 6.61 Å². The second kappa shape index (κ2) is 5.38. The normalized spacial score (nSPS) is 29.2. The van der Waals surface area contributed by atoms with Crippen molar-refractivity contribution in [3.8, 4) is 0 Å².